The van der Waals surface area contributed by atoms with Gasteiger partial charge in [0.1, 0.15) is 16.8 Å². The number of hydrogen-bond acceptors (Lipinski definition) is 3. The molecule has 4 heterocycles. The van der Waals surface area contributed by atoms with Crippen molar-refractivity contribution in [2.45, 2.75) is 25.2 Å². The number of benzene rings is 6. The van der Waals surface area contributed by atoms with Crippen LogP contribution in [-0.4, -0.2) is 14.5 Å². The number of aromatic nitrogens is 3. The highest BCUT2D eigenvalue weighted by Crippen LogP contribution is 2.43. The predicted molar refractivity (Wildman–Crippen MR) is 212 cm³/mol. The Morgan fingerprint density at radius 1 is 0.635 bits per heavy atom. The Kier molecular flexibility index (Phi) is 6.47. The standard InChI is InChI=1S/C48H33N3O/c1-3-11-31(12-4-1)35-26-34-21-22-49-46(40(34)28-35)43-25-30(24-42-41-27-32-13-7-8-14-33(32)29-45(41)52-47(42)43)23-36-19-20-39-38-17-9-10-18-44(38)51(48(39)50-36)37-15-5-2-6-16-37/h1-22,24-25,27,29,35H,23,26,28H2. The van der Waals surface area contributed by atoms with E-state index < -0.39 is 0 Å². The lowest BCUT2D eigenvalue weighted by molar-refractivity contribution is 0.670. The van der Waals surface area contributed by atoms with Gasteiger partial charge >= 0.3 is 0 Å². The van der Waals surface area contributed by atoms with Gasteiger partial charge < -0.3 is 4.42 Å². The molecule has 0 bridgehead atoms. The summed E-state index contributed by atoms with van der Waals surface area (Å²) in [6, 6.07) is 54.3. The third-order valence-electron chi connectivity index (χ3n) is 11.1. The van der Waals surface area contributed by atoms with E-state index in [9.17, 15) is 0 Å². The van der Waals surface area contributed by atoms with Gasteiger partial charge in [0.2, 0.25) is 0 Å². The minimum absolute atomic E-state index is 0.436. The van der Waals surface area contributed by atoms with E-state index in [2.05, 4.69) is 156 Å². The molecule has 0 amide bonds. The van der Waals surface area contributed by atoms with Gasteiger partial charge in [-0.25, -0.2) is 4.98 Å². The summed E-state index contributed by atoms with van der Waals surface area (Å²) in [5.74, 6) is 0.436. The minimum Gasteiger partial charge on any atom is -0.455 e. The Balaban J connectivity index is 1.10. The van der Waals surface area contributed by atoms with Gasteiger partial charge in [0.25, 0.3) is 0 Å². The van der Waals surface area contributed by atoms with Crippen LogP contribution in [0.4, 0.5) is 0 Å². The van der Waals surface area contributed by atoms with Gasteiger partial charge in [0.05, 0.1) is 11.2 Å². The predicted octanol–water partition coefficient (Wildman–Crippen LogP) is 11.8. The molecule has 0 fully saturated rings. The maximum atomic E-state index is 6.82. The Labute approximate surface area is 300 Å². The third-order valence-corrected chi connectivity index (χ3v) is 11.1. The molecule has 6 aromatic carbocycles. The first-order valence-electron chi connectivity index (χ1n) is 18.1. The van der Waals surface area contributed by atoms with Crippen molar-refractivity contribution in [2.24, 2.45) is 0 Å². The average Bonchev–Trinajstić information content (AvgIpc) is 3.89. The van der Waals surface area contributed by atoms with E-state index in [4.69, 9.17) is 14.4 Å². The highest BCUT2D eigenvalue weighted by atomic mass is 16.3. The molecular formula is C48H33N3O. The van der Waals surface area contributed by atoms with E-state index in [-0.39, 0.29) is 0 Å². The quantitative estimate of drug-likeness (QED) is 0.183. The summed E-state index contributed by atoms with van der Waals surface area (Å²) >= 11 is 0. The molecule has 0 saturated carbocycles. The molecule has 11 rings (SSSR count). The minimum atomic E-state index is 0.436. The van der Waals surface area contributed by atoms with Crippen molar-refractivity contribution in [1.82, 2.24) is 14.5 Å². The summed E-state index contributed by atoms with van der Waals surface area (Å²) in [4.78, 5) is 10.5. The van der Waals surface area contributed by atoms with Crippen LogP contribution < -0.4 is 0 Å². The van der Waals surface area contributed by atoms with Crippen LogP contribution in [-0.2, 0) is 19.3 Å². The first kappa shape index (κ1) is 29.2. The lowest BCUT2D eigenvalue weighted by Crippen LogP contribution is -1.99. The zero-order chi connectivity index (χ0) is 34.2. The molecule has 4 heteroatoms. The second-order valence-corrected chi connectivity index (χ2v) is 14.2. The highest BCUT2D eigenvalue weighted by Gasteiger charge is 2.28. The molecule has 0 saturated heterocycles. The SMILES string of the molecule is c1ccc(C2Cc3ccnc(-c4cc(Cc5ccc6c7ccccc7n(-c7ccccc7)c6n5)cc5c4oc4cc6ccccc6cc45)c3C2)cc1. The molecule has 4 nitrogen and oxygen atoms in total. The van der Waals surface area contributed by atoms with Crippen molar-refractivity contribution in [3.05, 3.63) is 186 Å². The third kappa shape index (κ3) is 4.61. The van der Waals surface area contributed by atoms with Crippen LogP contribution in [0.5, 0.6) is 0 Å². The number of fused-ring (bicyclic) bond motifs is 8. The van der Waals surface area contributed by atoms with Gasteiger partial charge in [-0.05, 0) is 112 Å². The van der Waals surface area contributed by atoms with Crippen molar-refractivity contribution in [3.63, 3.8) is 0 Å². The summed E-state index contributed by atoms with van der Waals surface area (Å²) in [6.45, 7) is 0. The van der Waals surface area contributed by atoms with Gasteiger partial charge in [-0.2, -0.15) is 0 Å². The van der Waals surface area contributed by atoms with E-state index in [1.807, 2.05) is 6.20 Å². The second-order valence-electron chi connectivity index (χ2n) is 14.2. The fraction of sp³-hybridized carbons (Fsp3) is 0.0833. The van der Waals surface area contributed by atoms with E-state index >= 15 is 0 Å². The van der Waals surface area contributed by atoms with Crippen LogP contribution in [0.1, 0.15) is 33.9 Å². The van der Waals surface area contributed by atoms with Crippen molar-refractivity contribution < 1.29 is 4.42 Å². The number of para-hydroxylation sites is 2. The fourth-order valence-electron chi connectivity index (χ4n) is 8.65. The molecule has 4 aromatic heterocycles. The molecule has 1 aliphatic rings. The van der Waals surface area contributed by atoms with Crippen molar-refractivity contribution in [1.29, 1.82) is 0 Å². The summed E-state index contributed by atoms with van der Waals surface area (Å²) in [5.41, 5.74) is 13.4. The molecule has 1 unspecified atom stereocenters. The van der Waals surface area contributed by atoms with Crippen LogP contribution in [0.2, 0.25) is 0 Å². The second kappa shape index (κ2) is 11.5. The highest BCUT2D eigenvalue weighted by molar-refractivity contribution is 6.13. The van der Waals surface area contributed by atoms with Gasteiger partial charge in [-0.1, -0.05) is 91.0 Å². The molecule has 0 radical (unpaired) electrons. The molecule has 1 atom stereocenters. The average molecular weight is 668 g/mol. The van der Waals surface area contributed by atoms with E-state index in [1.165, 1.54) is 38.4 Å². The van der Waals surface area contributed by atoms with Gasteiger partial charge in [0.15, 0.2) is 0 Å². The number of nitrogens with zero attached hydrogens (tertiary/aromatic N) is 3. The molecular weight excluding hydrogens is 635 g/mol. The van der Waals surface area contributed by atoms with E-state index in [1.54, 1.807) is 0 Å². The fourth-order valence-corrected chi connectivity index (χ4v) is 8.65. The lowest BCUT2D eigenvalue weighted by atomic mass is 9.94. The van der Waals surface area contributed by atoms with E-state index in [0.717, 1.165) is 74.0 Å². The maximum Gasteiger partial charge on any atom is 0.145 e. The summed E-state index contributed by atoms with van der Waals surface area (Å²) in [6.07, 6.45) is 4.63. The lowest BCUT2D eigenvalue weighted by Gasteiger charge is -2.12. The number of rotatable bonds is 5. The Morgan fingerprint density at radius 2 is 1.40 bits per heavy atom. The van der Waals surface area contributed by atoms with Crippen LogP contribution in [0.15, 0.2) is 162 Å². The molecule has 0 aliphatic heterocycles. The molecule has 1 aliphatic carbocycles. The van der Waals surface area contributed by atoms with Crippen LogP contribution >= 0.6 is 0 Å². The molecule has 52 heavy (non-hydrogen) atoms. The summed E-state index contributed by atoms with van der Waals surface area (Å²) in [5, 5.41) is 6.98. The largest absolute Gasteiger partial charge is 0.455 e. The topological polar surface area (TPSA) is 43.9 Å². The number of hydrogen-bond donors (Lipinski definition) is 0. The Morgan fingerprint density at radius 3 is 2.27 bits per heavy atom. The zero-order valence-electron chi connectivity index (χ0n) is 28.5. The number of pyridine rings is 2. The normalized spacial score (nSPS) is 14.3. The number of furan rings is 1. The summed E-state index contributed by atoms with van der Waals surface area (Å²) < 4.78 is 9.11. The Bertz CT molecular complexity index is 2990. The first-order chi connectivity index (χ1) is 25.7. The maximum absolute atomic E-state index is 6.82. The molecule has 0 spiro atoms. The summed E-state index contributed by atoms with van der Waals surface area (Å²) in [7, 11) is 0. The van der Waals surface area contributed by atoms with Crippen LogP contribution in [0.3, 0.4) is 0 Å². The smallest absolute Gasteiger partial charge is 0.145 e. The van der Waals surface area contributed by atoms with Crippen molar-refractivity contribution in [2.75, 3.05) is 0 Å². The van der Waals surface area contributed by atoms with Crippen LogP contribution in [0.25, 0.3) is 71.6 Å². The molecule has 0 N–H and O–H groups in total. The van der Waals surface area contributed by atoms with Gasteiger partial charge in [-0.3, -0.25) is 9.55 Å². The zero-order valence-corrected chi connectivity index (χ0v) is 28.5. The molecule has 10 aromatic rings. The van der Waals surface area contributed by atoms with Crippen molar-refractivity contribution in [3.8, 4) is 16.9 Å². The first-order valence-corrected chi connectivity index (χ1v) is 18.1. The van der Waals surface area contributed by atoms with Gasteiger partial charge in [0, 0.05) is 51.1 Å². The van der Waals surface area contributed by atoms with E-state index in [0.29, 0.717) is 12.3 Å². The Hall–Kier alpha value is -6.52. The molecule has 246 valence electrons. The van der Waals surface area contributed by atoms with Crippen molar-refractivity contribution >= 4 is 54.6 Å². The van der Waals surface area contributed by atoms with Crippen LogP contribution in [0, 0.1) is 0 Å². The van der Waals surface area contributed by atoms with Gasteiger partial charge in [-0.15, -0.1) is 0 Å². The monoisotopic (exact) mass is 667 g/mol.